The van der Waals surface area contributed by atoms with Crippen molar-refractivity contribution in [3.8, 4) is 0 Å². The number of carboxylic acids is 1. The number of carboxylic acid groups (broad SMARTS) is 1. The Hall–Kier alpha value is -2.67. The number of nitrogens with one attached hydrogen (secondary N) is 2. The molecule has 1 amide bonds. The van der Waals surface area contributed by atoms with Gasteiger partial charge < -0.3 is 15.4 Å². The van der Waals surface area contributed by atoms with Gasteiger partial charge in [-0.15, -0.1) is 11.3 Å². The summed E-state index contributed by atoms with van der Waals surface area (Å²) >= 11 is 1.28. The van der Waals surface area contributed by atoms with Crippen molar-refractivity contribution >= 4 is 34.1 Å². The first kappa shape index (κ1) is 16.2. The molecule has 0 saturated heterocycles. The van der Waals surface area contributed by atoms with Crippen LogP contribution >= 0.6 is 11.3 Å². The number of hydrogen-bond donors (Lipinski definition) is 3. The standard InChI is InChI=1S/C17H17N3O3S/c1-2-15-19-9-14(24-15)16(21)20-13(17(22)23)7-10-8-18-12-6-4-3-5-11(10)12/h3-6,8-9,13,18H,2,7H2,1H3,(H,20,21)(H,22,23)/t13-/m0/s1. The number of aliphatic carboxylic acids is 1. The molecule has 0 fully saturated rings. The first-order valence-electron chi connectivity index (χ1n) is 7.62. The Morgan fingerprint density at radius 1 is 1.38 bits per heavy atom. The summed E-state index contributed by atoms with van der Waals surface area (Å²) in [6.07, 6.45) is 4.23. The fourth-order valence-electron chi connectivity index (χ4n) is 2.53. The van der Waals surface area contributed by atoms with Gasteiger partial charge in [-0.2, -0.15) is 0 Å². The Labute approximate surface area is 142 Å². The topological polar surface area (TPSA) is 95.1 Å². The molecule has 1 atom stereocenters. The van der Waals surface area contributed by atoms with E-state index < -0.39 is 17.9 Å². The van der Waals surface area contributed by atoms with E-state index in [0.29, 0.717) is 4.88 Å². The van der Waals surface area contributed by atoms with Gasteiger partial charge in [-0.1, -0.05) is 25.1 Å². The molecule has 3 N–H and O–H groups in total. The highest BCUT2D eigenvalue weighted by molar-refractivity contribution is 7.13. The Morgan fingerprint density at radius 3 is 2.88 bits per heavy atom. The van der Waals surface area contributed by atoms with Crippen LogP contribution in [0.3, 0.4) is 0 Å². The number of hydrogen-bond acceptors (Lipinski definition) is 4. The van der Waals surface area contributed by atoms with Gasteiger partial charge in [0.15, 0.2) is 0 Å². The maximum absolute atomic E-state index is 12.3. The van der Waals surface area contributed by atoms with Gasteiger partial charge in [0.2, 0.25) is 0 Å². The van der Waals surface area contributed by atoms with Gasteiger partial charge in [0, 0.05) is 23.5 Å². The number of benzene rings is 1. The molecule has 24 heavy (non-hydrogen) atoms. The highest BCUT2D eigenvalue weighted by atomic mass is 32.1. The summed E-state index contributed by atoms with van der Waals surface area (Å²) < 4.78 is 0. The molecule has 3 aromatic rings. The Morgan fingerprint density at radius 2 is 2.17 bits per heavy atom. The van der Waals surface area contributed by atoms with Crippen LogP contribution in [0, 0.1) is 0 Å². The minimum absolute atomic E-state index is 0.213. The van der Waals surface area contributed by atoms with Crippen LogP contribution in [0.4, 0.5) is 0 Å². The molecule has 0 saturated carbocycles. The SMILES string of the molecule is CCc1ncc(C(=O)N[C@@H](Cc2c[nH]c3ccccc23)C(=O)O)s1. The number of fused-ring (bicyclic) bond motifs is 1. The van der Waals surface area contributed by atoms with Crippen LogP contribution in [-0.4, -0.2) is 33.0 Å². The van der Waals surface area contributed by atoms with Crippen LogP contribution in [-0.2, 0) is 17.6 Å². The highest BCUT2D eigenvalue weighted by Crippen LogP contribution is 2.20. The lowest BCUT2D eigenvalue weighted by molar-refractivity contribution is -0.139. The molecule has 7 heteroatoms. The summed E-state index contributed by atoms with van der Waals surface area (Å²) in [5, 5.41) is 13.9. The molecule has 2 aromatic heterocycles. The van der Waals surface area contributed by atoms with Crippen molar-refractivity contribution in [2.75, 3.05) is 0 Å². The molecule has 3 rings (SSSR count). The Bertz CT molecular complexity index is 884. The van der Waals surface area contributed by atoms with E-state index in [2.05, 4.69) is 15.3 Å². The molecule has 6 nitrogen and oxygen atoms in total. The van der Waals surface area contributed by atoms with Crippen molar-refractivity contribution < 1.29 is 14.7 Å². The smallest absolute Gasteiger partial charge is 0.326 e. The monoisotopic (exact) mass is 343 g/mol. The number of H-pyrrole nitrogens is 1. The molecule has 0 radical (unpaired) electrons. The van der Waals surface area contributed by atoms with Crippen molar-refractivity contribution in [3.05, 3.63) is 52.1 Å². The fraction of sp³-hybridized carbons (Fsp3) is 0.235. The summed E-state index contributed by atoms with van der Waals surface area (Å²) in [5.41, 5.74) is 1.80. The van der Waals surface area contributed by atoms with Gasteiger partial charge in [0.25, 0.3) is 5.91 Å². The number of carbonyl (C=O) groups is 2. The number of aromatic amines is 1. The average Bonchev–Trinajstić information content (AvgIpc) is 3.21. The zero-order valence-corrected chi connectivity index (χ0v) is 13.9. The largest absolute Gasteiger partial charge is 0.480 e. The summed E-state index contributed by atoms with van der Waals surface area (Å²) in [5.74, 6) is -1.46. The lowest BCUT2D eigenvalue weighted by Gasteiger charge is -2.13. The molecule has 0 aliphatic rings. The van der Waals surface area contributed by atoms with Crippen LogP contribution in [0.15, 0.2) is 36.7 Å². The lowest BCUT2D eigenvalue weighted by Crippen LogP contribution is -2.42. The average molecular weight is 343 g/mol. The first-order valence-corrected chi connectivity index (χ1v) is 8.43. The molecular formula is C17H17N3O3S. The number of thiazole rings is 1. The molecule has 0 spiro atoms. The third kappa shape index (κ3) is 3.30. The summed E-state index contributed by atoms with van der Waals surface area (Å²) in [7, 11) is 0. The van der Waals surface area contributed by atoms with E-state index in [9.17, 15) is 14.7 Å². The zero-order valence-electron chi connectivity index (χ0n) is 13.1. The predicted molar refractivity (Wildman–Crippen MR) is 92.4 cm³/mol. The molecule has 0 bridgehead atoms. The van der Waals surface area contributed by atoms with Crippen LogP contribution in [0.2, 0.25) is 0 Å². The molecule has 0 aliphatic carbocycles. The summed E-state index contributed by atoms with van der Waals surface area (Å²) in [4.78, 5) is 31.5. The van der Waals surface area contributed by atoms with Crippen LogP contribution in [0.1, 0.15) is 27.2 Å². The molecule has 1 aromatic carbocycles. The van der Waals surface area contributed by atoms with Crippen molar-refractivity contribution in [1.82, 2.24) is 15.3 Å². The van der Waals surface area contributed by atoms with Crippen LogP contribution in [0.5, 0.6) is 0 Å². The summed E-state index contributed by atoms with van der Waals surface area (Å²) in [6.45, 7) is 1.96. The number of para-hydroxylation sites is 1. The Kier molecular flexibility index (Phi) is 4.61. The van der Waals surface area contributed by atoms with E-state index in [0.717, 1.165) is 27.9 Å². The van der Waals surface area contributed by atoms with E-state index in [1.807, 2.05) is 31.2 Å². The second-order valence-electron chi connectivity index (χ2n) is 5.40. The van der Waals surface area contributed by atoms with Gasteiger partial charge in [0.05, 0.1) is 11.2 Å². The van der Waals surface area contributed by atoms with E-state index in [1.54, 1.807) is 6.20 Å². The third-order valence-electron chi connectivity index (χ3n) is 3.78. The first-order chi connectivity index (χ1) is 11.6. The molecule has 124 valence electrons. The number of nitrogens with zero attached hydrogens (tertiary/aromatic N) is 1. The van der Waals surface area contributed by atoms with E-state index >= 15 is 0 Å². The number of carbonyl (C=O) groups excluding carboxylic acids is 1. The van der Waals surface area contributed by atoms with Crippen molar-refractivity contribution in [3.63, 3.8) is 0 Å². The van der Waals surface area contributed by atoms with Gasteiger partial charge in [-0.3, -0.25) is 4.79 Å². The van der Waals surface area contributed by atoms with Crippen molar-refractivity contribution in [2.45, 2.75) is 25.8 Å². The minimum atomic E-state index is -1.06. The van der Waals surface area contributed by atoms with E-state index in [1.165, 1.54) is 17.5 Å². The number of amides is 1. The minimum Gasteiger partial charge on any atom is -0.480 e. The normalized spacial score (nSPS) is 12.2. The van der Waals surface area contributed by atoms with Gasteiger partial charge in [-0.25, -0.2) is 9.78 Å². The summed E-state index contributed by atoms with van der Waals surface area (Å²) in [6, 6.07) is 6.67. The maximum atomic E-state index is 12.3. The van der Waals surface area contributed by atoms with Gasteiger partial charge >= 0.3 is 5.97 Å². The zero-order chi connectivity index (χ0) is 17.1. The predicted octanol–water partition coefficient (Wildman–Crippen LogP) is 2.61. The quantitative estimate of drug-likeness (QED) is 0.641. The second kappa shape index (κ2) is 6.84. The van der Waals surface area contributed by atoms with Crippen LogP contribution in [0.25, 0.3) is 10.9 Å². The van der Waals surface area contributed by atoms with E-state index in [4.69, 9.17) is 0 Å². The van der Waals surface area contributed by atoms with Crippen molar-refractivity contribution in [1.29, 1.82) is 0 Å². The van der Waals surface area contributed by atoms with Crippen LogP contribution < -0.4 is 5.32 Å². The molecule has 0 unspecified atom stereocenters. The lowest BCUT2D eigenvalue weighted by atomic mass is 10.0. The molecule has 2 heterocycles. The molecule has 0 aliphatic heterocycles. The number of aromatic nitrogens is 2. The number of rotatable bonds is 6. The van der Waals surface area contributed by atoms with Crippen molar-refractivity contribution in [2.24, 2.45) is 0 Å². The molecular weight excluding hydrogens is 326 g/mol. The van der Waals surface area contributed by atoms with E-state index in [-0.39, 0.29) is 6.42 Å². The highest BCUT2D eigenvalue weighted by Gasteiger charge is 2.23. The maximum Gasteiger partial charge on any atom is 0.326 e. The van der Waals surface area contributed by atoms with Gasteiger partial charge in [-0.05, 0) is 18.1 Å². The third-order valence-corrected chi connectivity index (χ3v) is 4.92. The Balaban J connectivity index is 1.77. The second-order valence-corrected chi connectivity index (χ2v) is 6.51. The number of aryl methyl sites for hydroxylation is 1. The fourth-order valence-corrected chi connectivity index (χ4v) is 3.29. The van der Waals surface area contributed by atoms with Gasteiger partial charge in [0.1, 0.15) is 10.9 Å².